The Hall–Kier alpha value is -1.11. The van der Waals surface area contributed by atoms with Crippen LogP contribution in [0.2, 0.25) is 0 Å². The Balaban J connectivity index is 2.11. The lowest BCUT2D eigenvalue weighted by molar-refractivity contribution is 0.509. The van der Waals surface area contributed by atoms with Gasteiger partial charge in [0.25, 0.3) is 0 Å². The number of rotatable bonds is 4. The van der Waals surface area contributed by atoms with Gasteiger partial charge < -0.3 is 5.32 Å². The molecular formula is C13H17IN4. The zero-order valence-corrected chi connectivity index (χ0v) is 13.0. The van der Waals surface area contributed by atoms with E-state index in [1.807, 2.05) is 4.68 Å². The first-order chi connectivity index (χ1) is 8.58. The van der Waals surface area contributed by atoms with Gasteiger partial charge in [0.05, 0.1) is 6.54 Å². The lowest BCUT2D eigenvalue weighted by Crippen LogP contribution is -2.12. The molecule has 4 nitrogen and oxygen atoms in total. The number of nitrogens with one attached hydrogen (secondary N) is 1. The maximum atomic E-state index is 4.29. The van der Waals surface area contributed by atoms with Crippen LogP contribution >= 0.6 is 22.6 Å². The molecule has 0 bridgehead atoms. The highest BCUT2D eigenvalue weighted by Gasteiger charge is 2.07. The molecular weight excluding hydrogens is 339 g/mol. The van der Waals surface area contributed by atoms with E-state index in [9.17, 15) is 0 Å². The third kappa shape index (κ3) is 3.01. The van der Waals surface area contributed by atoms with Gasteiger partial charge in [0.1, 0.15) is 12.2 Å². The predicted octanol–water partition coefficient (Wildman–Crippen LogP) is 3.38. The molecule has 18 heavy (non-hydrogen) atoms. The second-order valence-electron chi connectivity index (χ2n) is 4.53. The molecule has 0 amide bonds. The van der Waals surface area contributed by atoms with Gasteiger partial charge in [-0.1, -0.05) is 6.07 Å². The standard InChI is InChI=1S/C13H17IN4/c1-9(2)18-13(16-8-17-18)7-15-12-6-11(14)5-4-10(12)3/h4-6,8-9,15H,7H2,1-3H3. The fraction of sp³-hybridized carbons (Fsp3) is 0.385. The highest BCUT2D eigenvalue weighted by molar-refractivity contribution is 14.1. The third-order valence-corrected chi connectivity index (χ3v) is 3.44. The zero-order chi connectivity index (χ0) is 13.1. The van der Waals surface area contributed by atoms with E-state index in [1.165, 1.54) is 9.13 Å². The molecule has 0 aliphatic heterocycles. The van der Waals surface area contributed by atoms with Gasteiger partial charge in [-0.2, -0.15) is 5.10 Å². The van der Waals surface area contributed by atoms with Gasteiger partial charge in [-0.05, 0) is 61.1 Å². The quantitative estimate of drug-likeness (QED) is 0.854. The molecule has 5 heteroatoms. The van der Waals surface area contributed by atoms with Crippen molar-refractivity contribution in [3.05, 3.63) is 39.5 Å². The zero-order valence-electron chi connectivity index (χ0n) is 10.8. The van der Waals surface area contributed by atoms with Gasteiger partial charge >= 0.3 is 0 Å². The smallest absolute Gasteiger partial charge is 0.146 e. The molecule has 0 atom stereocenters. The largest absolute Gasteiger partial charge is 0.378 e. The van der Waals surface area contributed by atoms with Gasteiger partial charge in [-0.3, -0.25) is 0 Å². The molecule has 0 spiro atoms. The molecule has 1 heterocycles. The lowest BCUT2D eigenvalue weighted by atomic mass is 10.2. The van der Waals surface area contributed by atoms with Crippen LogP contribution in [0.15, 0.2) is 24.5 Å². The highest BCUT2D eigenvalue weighted by Crippen LogP contribution is 2.19. The summed E-state index contributed by atoms with van der Waals surface area (Å²) >= 11 is 2.32. The summed E-state index contributed by atoms with van der Waals surface area (Å²) in [7, 11) is 0. The average Bonchev–Trinajstić information content (AvgIpc) is 2.79. The molecule has 0 radical (unpaired) electrons. The molecule has 0 saturated carbocycles. The minimum Gasteiger partial charge on any atom is -0.378 e. The van der Waals surface area contributed by atoms with Crippen LogP contribution in [0.1, 0.15) is 31.3 Å². The number of hydrogen-bond acceptors (Lipinski definition) is 3. The lowest BCUT2D eigenvalue weighted by Gasteiger charge is -2.12. The van der Waals surface area contributed by atoms with Crippen LogP contribution in [-0.4, -0.2) is 14.8 Å². The van der Waals surface area contributed by atoms with Crippen molar-refractivity contribution in [2.24, 2.45) is 0 Å². The van der Waals surface area contributed by atoms with Crippen molar-refractivity contribution in [3.63, 3.8) is 0 Å². The summed E-state index contributed by atoms with van der Waals surface area (Å²) in [6.07, 6.45) is 1.61. The number of anilines is 1. The fourth-order valence-electron chi connectivity index (χ4n) is 1.79. The number of hydrogen-bond donors (Lipinski definition) is 1. The van der Waals surface area contributed by atoms with Crippen LogP contribution in [-0.2, 0) is 6.54 Å². The molecule has 96 valence electrons. The number of aromatic nitrogens is 3. The van der Waals surface area contributed by atoms with Gasteiger partial charge in [0, 0.05) is 15.3 Å². The maximum Gasteiger partial charge on any atom is 0.146 e. The predicted molar refractivity (Wildman–Crippen MR) is 81.6 cm³/mol. The van der Waals surface area contributed by atoms with E-state index in [0.717, 1.165) is 11.5 Å². The summed E-state index contributed by atoms with van der Waals surface area (Å²) in [5.41, 5.74) is 2.39. The first-order valence-corrected chi connectivity index (χ1v) is 7.04. The molecule has 0 aliphatic carbocycles. The van der Waals surface area contributed by atoms with Gasteiger partial charge in [0.15, 0.2) is 0 Å². The van der Waals surface area contributed by atoms with Gasteiger partial charge in [-0.15, -0.1) is 0 Å². The van der Waals surface area contributed by atoms with E-state index < -0.39 is 0 Å². The number of nitrogens with zero attached hydrogens (tertiary/aromatic N) is 3. The summed E-state index contributed by atoms with van der Waals surface area (Å²) in [6, 6.07) is 6.71. The van der Waals surface area contributed by atoms with Gasteiger partial charge in [0.2, 0.25) is 0 Å². The molecule has 1 N–H and O–H groups in total. The van der Waals surface area contributed by atoms with E-state index in [0.29, 0.717) is 12.6 Å². The van der Waals surface area contributed by atoms with Crippen LogP contribution in [0.3, 0.4) is 0 Å². The van der Waals surface area contributed by atoms with Crippen LogP contribution in [0.4, 0.5) is 5.69 Å². The Morgan fingerprint density at radius 3 is 2.89 bits per heavy atom. The maximum absolute atomic E-state index is 4.29. The molecule has 2 aromatic rings. The molecule has 0 unspecified atom stereocenters. The van der Waals surface area contributed by atoms with E-state index in [4.69, 9.17) is 0 Å². The molecule has 2 rings (SSSR count). The van der Waals surface area contributed by atoms with Gasteiger partial charge in [-0.25, -0.2) is 9.67 Å². The monoisotopic (exact) mass is 356 g/mol. The SMILES string of the molecule is Cc1ccc(I)cc1NCc1ncnn1C(C)C. The summed E-state index contributed by atoms with van der Waals surface area (Å²) in [5.74, 6) is 0.961. The first kappa shape index (κ1) is 13.3. The van der Waals surface area contributed by atoms with Crippen molar-refractivity contribution >= 4 is 28.3 Å². The minimum absolute atomic E-state index is 0.335. The first-order valence-electron chi connectivity index (χ1n) is 5.96. The topological polar surface area (TPSA) is 42.7 Å². The molecule has 1 aromatic heterocycles. The van der Waals surface area contributed by atoms with Crippen molar-refractivity contribution in [3.8, 4) is 0 Å². The Labute approximate surface area is 121 Å². The van der Waals surface area contributed by atoms with E-state index in [-0.39, 0.29) is 0 Å². The van der Waals surface area contributed by atoms with Crippen molar-refractivity contribution in [2.45, 2.75) is 33.4 Å². The van der Waals surface area contributed by atoms with Crippen LogP contribution in [0.5, 0.6) is 0 Å². The number of aryl methyl sites for hydroxylation is 1. The fourth-order valence-corrected chi connectivity index (χ4v) is 2.28. The van der Waals surface area contributed by atoms with Crippen molar-refractivity contribution in [2.75, 3.05) is 5.32 Å². The van der Waals surface area contributed by atoms with Crippen LogP contribution < -0.4 is 5.32 Å². The Morgan fingerprint density at radius 2 is 2.17 bits per heavy atom. The molecule has 0 fully saturated rings. The van der Waals surface area contributed by atoms with E-state index >= 15 is 0 Å². The second kappa shape index (κ2) is 5.69. The molecule has 0 saturated heterocycles. The Kier molecular flexibility index (Phi) is 4.21. The minimum atomic E-state index is 0.335. The molecule has 0 aliphatic rings. The normalized spacial score (nSPS) is 10.9. The second-order valence-corrected chi connectivity index (χ2v) is 5.77. The van der Waals surface area contributed by atoms with Crippen LogP contribution in [0.25, 0.3) is 0 Å². The number of benzene rings is 1. The molecule has 1 aromatic carbocycles. The Morgan fingerprint density at radius 1 is 1.39 bits per heavy atom. The summed E-state index contributed by atoms with van der Waals surface area (Å²) < 4.78 is 3.17. The Bertz CT molecular complexity index is 534. The third-order valence-electron chi connectivity index (χ3n) is 2.77. The van der Waals surface area contributed by atoms with E-state index in [2.05, 4.69) is 77.0 Å². The number of halogens is 1. The summed E-state index contributed by atoms with van der Waals surface area (Å²) in [4.78, 5) is 4.29. The van der Waals surface area contributed by atoms with Crippen LogP contribution in [0, 0.1) is 10.5 Å². The highest BCUT2D eigenvalue weighted by atomic mass is 127. The van der Waals surface area contributed by atoms with Crippen molar-refractivity contribution in [1.82, 2.24) is 14.8 Å². The summed E-state index contributed by atoms with van der Waals surface area (Å²) in [6.45, 7) is 7.01. The van der Waals surface area contributed by atoms with Crippen molar-refractivity contribution in [1.29, 1.82) is 0 Å². The average molecular weight is 356 g/mol. The van der Waals surface area contributed by atoms with Crippen molar-refractivity contribution < 1.29 is 0 Å². The van der Waals surface area contributed by atoms with E-state index in [1.54, 1.807) is 6.33 Å². The summed E-state index contributed by atoms with van der Waals surface area (Å²) in [5, 5.41) is 7.66.